The smallest absolute Gasteiger partial charge is 0.254 e. The number of hydrogen-bond donors (Lipinski definition) is 4. The van der Waals surface area contributed by atoms with Crippen LogP contribution in [-0.4, -0.2) is 56.9 Å². The van der Waals surface area contributed by atoms with Crippen molar-refractivity contribution in [1.82, 2.24) is 14.9 Å². The molecule has 2 unspecified atom stereocenters. The van der Waals surface area contributed by atoms with E-state index in [1.165, 1.54) is 12.1 Å². The molecule has 0 aliphatic rings. The van der Waals surface area contributed by atoms with Crippen LogP contribution in [0.15, 0.2) is 54.6 Å². The number of aromatic amines is 1. The molecule has 232 valence electrons. The number of aliphatic hydroxyl groups excluding tert-OH is 1. The third-order valence-corrected chi connectivity index (χ3v) is 7.56. The van der Waals surface area contributed by atoms with Crippen molar-refractivity contribution in [3.8, 4) is 0 Å². The van der Waals surface area contributed by atoms with Crippen LogP contribution in [0.4, 0.5) is 8.78 Å². The average molecular weight is 606 g/mol. The molecule has 0 aliphatic heterocycles. The number of hydrogen-bond acceptors (Lipinski definition) is 5. The highest BCUT2D eigenvalue weighted by atomic mass is 19.1. The first-order chi connectivity index (χ1) is 21.0. The molecule has 0 saturated heterocycles. The molecule has 3 amide bonds. The van der Waals surface area contributed by atoms with Crippen LogP contribution in [0.2, 0.25) is 0 Å². The number of nitrogens with zero attached hydrogens (tertiary/aromatic N) is 2. The molecule has 2 atom stereocenters. The van der Waals surface area contributed by atoms with Crippen LogP contribution < -0.4 is 11.5 Å². The Morgan fingerprint density at radius 3 is 2.16 bits per heavy atom. The summed E-state index contributed by atoms with van der Waals surface area (Å²) in [6.45, 7) is 4.61. The summed E-state index contributed by atoms with van der Waals surface area (Å²) >= 11 is 0. The van der Waals surface area contributed by atoms with Gasteiger partial charge >= 0.3 is 0 Å². The van der Waals surface area contributed by atoms with Gasteiger partial charge in [0, 0.05) is 48.2 Å². The number of carbonyl (C=O) groups excluding carboxylic acids is 3. The zero-order chi connectivity index (χ0) is 32.0. The number of primary amides is 2. The topological polar surface area (TPSA) is 155 Å². The van der Waals surface area contributed by atoms with Gasteiger partial charge in [0.05, 0.1) is 17.1 Å². The van der Waals surface area contributed by atoms with Crippen molar-refractivity contribution in [2.75, 3.05) is 13.1 Å². The second-order valence-electron chi connectivity index (χ2n) is 10.9. The molecule has 3 aromatic carbocycles. The summed E-state index contributed by atoms with van der Waals surface area (Å²) in [5.74, 6) is -4.36. The van der Waals surface area contributed by atoms with Gasteiger partial charge in [-0.2, -0.15) is 0 Å². The van der Waals surface area contributed by atoms with E-state index in [1.54, 1.807) is 4.90 Å². The van der Waals surface area contributed by atoms with Gasteiger partial charge in [0.15, 0.2) is 0 Å². The maximum absolute atomic E-state index is 14.3. The number of carbonyl (C=O) groups is 3. The second-order valence-corrected chi connectivity index (χ2v) is 10.9. The number of nitrogens with one attached hydrogen (secondary N) is 1. The first-order valence-electron chi connectivity index (χ1n) is 14.7. The zero-order valence-electron chi connectivity index (χ0n) is 24.8. The Balaban J connectivity index is 1.87. The van der Waals surface area contributed by atoms with Crippen LogP contribution in [0.5, 0.6) is 0 Å². The minimum atomic E-state index is -1.23. The fourth-order valence-electron chi connectivity index (χ4n) is 5.62. The van der Waals surface area contributed by atoms with Gasteiger partial charge in [-0.25, -0.2) is 13.8 Å². The summed E-state index contributed by atoms with van der Waals surface area (Å²) in [5.41, 5.74) is 12.9. The maximum atomic E-state index is 14.3. The fraction of sp³-hybridized carbons (Fsp3) is 0.333. The van der Waals surface area contributed by atoms with Gasteiger partial charge in [-0.15, -0.1) is 0 Å². The molecule has 9 nitrogen and oxygen atoms in total. The van der Waals surface area contributed by atoms with Gasteiger partial charge in [-0.1, -0.05) is 26.0 Å². The first kappa shape index (κ1) is 32.3. The Morgan fingerprint density at radius 2 is 1.57 bits per heavy atom. The molecule has 0 fully saturated rings. The Hall–Kier alpha value is -4.64. The van der Waals surface area contributed by atoms with Gasteiger partial charge in [0.1, 0.15) is 17.5 Å². The third kappa shape index (κ3) is 7.46. The molecule has 4 rings (SSSR count). The van der Waals surface area contributed by atoms with Crippen molar-refractivity contribution in [3.63, 3.8) is 0 Å². The van der Waals surface area contributed by atoms with Crippen LogP contribution in [0.3, 0.4) is 0 Å². The molecule has 11 heteroatoms. The van der Waals surface area contributed by atoms with Gasteiger partial charge in [-0.3, -0.25) is 14.4 Å². The van der Waals surface area contributed by atoms with Crippen LogP contribution in [0.25, 0.3) is 11.0 Å². The number of aryl methyl sites for hydroxylation is 1. The largest absolute Gasteiger partial charge is 0.392 e. The average Bonchev–Trinajstić information content (AvgIpc) is 3.40. The number of aliphatic hydroxyl groups is 1. The molecule has 1 aromatic heterocycles. The van der Waals surface area contributed by atoms with Gasteiger partial charge < -0.3 is 26.5 Å². The summed E-state index contributed by atoms with van der Waals surface area (Å²) in [6, 6.07) is 12.9. The second kappa shape index (κ2) is 14.2. The van der Waals surface area contributed by atoms with Crippen molar-refractivity contribution in [1.29, 1.82) is 0 Å². The molecule has 1 heterocycles. The van der Waals surface area contributed by atoms with Gasteiger partial charge in [-0.05, 0) is 73.2 Å². The molecule has 0 spiro atoms. The molecule has 0 saturated carbocycles. The van der Waals surface area contributed by atoms with E-state index in [0.717, 1.165) is 29.2 Å². The van der Waals surface area contributed by atoms with Crippen molar-refractivity contribution >= 4 is 28.8 Å². The Labute approximate surface area is 254 Å². The summed E-state index contributed by atoms with van der Waals surface area (Å²) < 4.78 is 28.6. The number of benzene rings is 3. The normalized spacial score (nSPS) is 12.7. The lowest BCUT2D eigenvalue weighted by Crippen LogP contribution is -2.36. The Kier molecular flexibility index (Phi) is 10.4. The number of H-pyrrole nitrogens is 1. The summed E-state index contributed by atoms with van der Waals surface area (Å²) in [6.07, 6.45) is 0.310. The number of aromatic nitrogens is 2. The number of nitrogens with two attached hydrogens (primary N) is 2. The molecule has 0 radical (unpaired) electrons. The minimum absolute atomic E-state index is 0.0262. The predicted octanol–water partition coefficient (Wildman–Crippen LogP) is 4.62. The zero-order valence-corrected chi connectivity index (χ0v) is 24.8. The molecular weight excluding hydrogens is 568 g/mol. The Morgan fingerprint density at radius 1 is 0.932 bits per heavy atom. The molecule has 44 heavy (non-hydrogen) atoms. The van der Waals surface area contributed by atoms with Crippen LogP contribution in [-0.2, 0) is 12.8 Å². The van der Waals surface area contributed by atoms with E-state index < -0.39 is 41.4 Å². The van der Waals surface area contributed by atoms with E-state index in [2.05, 4.69) is 9.97 Å². The minimum Gasteiger partial charge on any atom is -0.392 e. The molecular formula is C33H37F2N5O4. The number of amides is 3. The van der Waals surface area contributed by atoms with E-state index in [1.807, 2.05) is 38.1 Å². The van der Waals surface area contributed by atoms with Crippen molar-refractivity contribution in [2.45, 2.75) is 58.0 Å². The van der Waals surface area contributed by atoms with Crippen LogP contribution in [0.1, 0.15) is 87.1 Å². The van der Waals surface area contributed by atoms with E-state index in [9.17, 15) is 28.3 Å². The number of rotatable bonds is 14. The van der Waals surface area contributed by atoms with E-state index in [0.29, 0.717) is 31.8 Å². The lowest BCUT2D eigenvalue weighted by Gasteiger charge is -2.30. The summed E-state index contributed by atoms with van der Waals surface area (Å²) in [4.78, 5) is 48.6. The highest BCUT2D eigenvalue weighted by Gasteiger charge is 2.33. The van der Waals surface area contributed by atoms with Crippen LogP contribution in [0, 0.1) is 11.6 Å². The van der Waals surface area contributed by atoms with Crippen molar-refractivity contribution in [3.05, 3.63) is 99.9 Å². The highest BCUT2D eigenvalue weighted by Crippen LogP contribution is 2.35. The number of para-hydroxylation sites is 2. The number of imidazole rings is 1. The van der Waals surface area contributed by atoms with Crippen molar-refractivity contribution < 1.29 is 28.3 Å². The number of halogens is 2. The van der Waals surface area contributed by atoms with E-state index >= 15 is 0 Å². The maximum Gasteiger partial charge on any atom is 0.254 e. The number of fused-ring (bicyclic) bond motifs is 1. The van der Waals surface area contributed by atoms with E-state index in [4.69, 9.17) is 11.5 Å². The van der Waals surface area contributed by atoms with Gasteiger partial charge in [0.2, 0.25) is 11.8 Å². The molecule has 0 aliphatic carbocycles. The SMILES string of the molecule is CCCN(CCC)C(=O)c1cc(C(N)=O)cc(C(N)=O)c1C(Cc1cc(F)cc(F)c1)C(O)CCc1nc2ccccc2[nH]1. The van der Waals surface area contributed by atoms with Crippen LogP contribution >= 0.6 is 0 Å². The van der Waals surface area contributed by atoms with Gasteiger partial charge in [0.25, 0.3) is 5.91 Å². The van der Waals surface area contributed by atoms with E-state index in [-0.39, 0.29) is 47.1 Å². The highest BCUT2D eigenvalue weighted by molar-refractivity contribution is 6.06. The monoisotopic (exact) mass is 605 g/mol. The van der Waals surface area contributed by atoms with Crippen molar-refractivity contribution in [2.24, 2.45) is 11.5 Å². The quantitative estimate of drug-likeness (QED) is 0.165. The first-order valence-corrected chi connectivity index (χ1v) is 14.7. The molecule has 4 aromatic rings. The lowest BCUT2D eigenvalue weighted by molar-refractivity contribution is 0.0750. The fourth-order valence-corrected chi connectivity index (χ4v) is 5.62. The third-order valence-electron chi connectivity index (χ3n) is 7.56. The standard InChI is InChI=1S/C33H37F2N5O4/c1-3-11-40(12-4-2)33(44)25-17-20(31(36)42)16-24(32(37)43)30(25)23(15-19-13-21(34)18-22(35)14-19)28(41)9-10-29-38-26-7-5-6-8-27(26)39-29/h5-8,13-14,16-18,23,28,41H,3-4,9-12,15H2,1-2H3,(H2,36,42)(H2,37,43)(H,38,39). The lowest BCUT2D eigenvalue weighted by atomic mass is 9.79. The molecule has 0 bridgehead atoms. The molecule has 6 N–H and O–H groups in total. The summed E-state index contributed by atoms with van der Waals surface area (Å²) in [5, 5.41) is 11.7. The summed E-state index contributed by atoms with van der Waals surface area (Å²) in [7, 11) is 0. The Bertz CT molecular complexity index is 1610. The predicted molar refractivity (Wildman–Crippen MR) is 163 cm³/mol.